The van der Waals surface area contributed by atoms with Gasteiger partial charge in [-0.2, -0.15) is 0 Å². The normalized spacial score (nSPS) is 20.4. The Bertz CT molecular complexity index is 517. The zero-order valence-electron chi connectivity index (χ0n) is 13.0. The average molecular weight is 326 g/mol. The maximum Gasteiger partial charge on any atom is 0.227 e. The molecular formula is C16H24ClN3O2. The Hall–Kier alpha value is -1.59. The highest BCUT2D eigenvalue weighted by molar-refractivity contribution is 5.94. The predicted octanol–water partition coefficient (Wildman–Crippen LogP) is 2.77. The second-order valence-corrected chi connectivity index (χ2v) is 5.98. The lowest BCUT2D eigenvalue weighted by molar-refractivity contribution is -0.120. The van der Waals surface area contributed by atoms with Crippen LogP contribution in [-0.2, 0) is 9.59 Å². The van der Waals surface area contributed by atoms with Gasteiger partial charge >= 0.3 is 0 Å². The number of rotatable bonds is 4. The monoisotopic (exact) mass is 325 g/mol. The molecule has 0 saturated heterocycles. The Labute approximate surface area is 137 Å². The van der Waals surface area contributed by atoms with Gasteiger partial charge in [-0.25, -0.2) is 0 Å². The molecule has 0 radical (unpaired) electrons. The lowest BCUT2D eigenvalue weighted by Crippen LogP contribution is -2.23. The van der Waals surface area contributed by atoms with Gasteiger partial charge in [-0.1, -0.05) is 13.8 Å². The smallest absolute Gasteiger partial charge is 0.227 e. The van der Waals surface area contributed by atoms with Crippen LogP contribution in [0.3, 0.4) is 0 Å². The minimum Gasteiger partial charge on any atom is -0.328 e. The summed E-state index contributed by atoms with van der Waals surface area (Å²) in [5, 5.41) is 5.72. The van der Waals surface area contributed by atoms with E-state index in [0.29, 0.717) is 0 Å². The first-order chi connectivity index (χ1) is 9.95. The van der Waals surface area contributed by atoms with Crippen molar-refractivity contribution in [2.75, 3.05) is 10.6 Å². The molecule has 2 atom stereocenters. The molecule has 0 aliphatic heterocycles. The Kier molecular flexibility index (Phi) is 6.84. The Morgan fingerprint density at radius 3 is 2.09 bits per heavy atom. The highest BCUT2D eigenvalue weighted by Gasteiger charge is 2.27. The first-order valence-corrected chi connectivity index (χ1v) is 7.43. The number of nitrogens with two attached hydrogens (primary N) is 1. The Morgan fingerprint density at radius 2 is 1.64 bits per heavy atom. The molecule has 0 aromatic heterocycles. The number of anilines is 2. The fraction of sp³-hybridized carbons (Fsp3) is 0.500. The lowest BCUT2D eigenvalue weighted by Gasteiger charge is -2.12. The number of hydrogen-bond donors (Lipinski definition) is 3. The van der Waals surface area contributed by atoms with Crippen molar-refractivity contribution in [3.8, 4) is 0 Å². The van der Waals surface area contributed by atoms with E-state index in [1.165, 1.54) is 0 Å². The second kappa shape index (κ2) is 8.15. The molecule has 2 rings (SSSR count). The molecule has 1 aromatic carbocycles. The van der Waals surface area contributed by atoms with E-state index in [1.54, 1.807) is 24.3 Å². The van der Waals surface area contributed by atoms with Crippen molar-refractivity contribution >= 4 is 35.6 Å². The summed E-state index contributed by atoms with van der Waals surface area (Å²) >= 11 is 0. The van der Waals surface area contributed by atoms with Gasteiger partial charge in [0.2, 0.25) is 11.8 Å². The fourth-order valence-electron chi connectivity index (χ4n) is 2.42. The van der Waals surface area contributed by atoms with Crippen LogP contribution in [0.5, 0.6) is 0 Å². The SMILES string of the molecule is CC(C)C(=O)Nc1ccc(NC(=O)C2CCC(N)C2)cc1.Cl. The first-order valence-electron chi connectivity index (χ1n) is 7.43. The Balaban J connectivity index is 0.00000242. The van der Waals surface area contributed by atoms with Crippen LogP contribution in [0.15, 0.2) is 24.3 Å². The molecule has 122 valence electrons. The van der Waals surface area contributed by atoms with E-state index >= 15 is 0 Å². The van der Waals surface area contributed by atoms with Crippen LogP contribution in [0, 0.1) is 11.8 Å². The summed E-state index contributed by atoms with van der Waals surface area (Å²) in [4.78, 5) is 23.7. The van der Waals surface area contributed by atoms with E-state index < -0.39 is 0 Å². The molecule has 2 unspecified atom stereocenters. The third kappa shape index (κ3) is 5.00. The molecule has 0 heterocycles. The molecule has 1 aromatic rings. The van der Waals surface area contributed by atoms with Gasteiger partial charge in [0.15, 0.2) is 0 Å². The van der Waals surface area contributed by atoms with Crippen LogP contribution in [0.2, 0.25) is 0 Å². The summed E-state index contributed by atoms with van der Waals surface area (Å²) in [6, 6.07) is 7.31. The highest BCUT2D eigenvalue weighted by atomic mass is 35.5. The van der Waals surface area contributed by atoms with Crippen LogP contribution < -0.4 is 16.4 Å². The summed E-state index contributed by atoms with van der Waals surface area (Å²) in [5.41, 5.74) is 7.30. The first kappa shape index (κ1) is 18.5. The molecule has 1 aliphatic rings. The lowest BCUT2D eigenvalue weighted by atomic mass is 10.1. The number of amides is 2. The van der Waals surface area contributed by atoms with E-state index in [9.17, 15) is 9.59 Å². The average Bonchev–Trinajstić information content (AvgIpc) is 2.87. The van der Waals surface area contributed by atoms with Gasteiger partial charge in [0.25, 0.3) is 0 Å². The maximum atomic E-state index is 12.1. The number of benzene rings is 1. The molecule has 1 aliphatic carbocycles. The zero-order valence-corrected chi connectivity index (χ0v) is 13.8. The molecular weight excluding hydrogens is 302 g/mol. The summed E-state index contributed by atoms with van der Waals surface area (Å²) in [7, 11) is 0. The van der Waals surface area contributed by atoms with Crippen molar-refractivity contribution in [2.24, 2.45) is 17.6 Å². The van der Waals surface area contributed by atoms with Crippen LogP contribution in [0.25, 0.3) is 0 Å². The molecule has 4 N–H and O–H groups in total. The van der Waals surface area contributed by atoms with Crippen LogP contribution in [0.1, 0.15) is 33.1 Å². The standard InChI is InChI=1S/C16H23N3O2.ClH/c1-10(2)15(20)18-13-5-7-14(8-6-13)19-16(21)11-3-4-12(17)9-11;/h5-8,10-12H,3-4,9,17H2,1-2H3,(H,18,20)(H,19,21);1H. The summed E-state index contributed by atoms with van der Waals surface area (Å²) in [6.07, 6.45) is 2.53. The van der Waals surface area contributed by atoms with Gasteiger partial charge in [-0.15, -0.1) is 12.4 Å². The highest BCUT2D eigenvalue weighted by Crippen LogP contribution is 2.25. The van der Waals surface area contributed by atoms with Gasteiger partial charge in [0, 0.05) is 29.3 Å². The molecule has 0 bridgehead atoms. The molecule has 2 amide bonds. The predicted molar refractivity (Wildman–Crippen MR) is 91.1 cm³/mol. The van der Waals surface area contributed by atoms with Crippen molar-refractivity contribution < 1.29 is 9.59 Å². The van der Waals surface area contributed by atoms with E-state index in [-0.39, 0.29) is 42.1 Å². The van der Waals surface area contributed by atoms with Crippen molar-refractivity contribution in [2.45, 2.75) is 39.2 Å². The molecule has 1 saturated carbocycles. The minimum absolute atomic E-state index is 0. The van der Waals surface area contributed by atoms with Crippen LogP contribution >= 0.6 is 12.4 Å². The van der Waals surface area contributed by atoms with Crippen LogP contribution in [-0.4, -0.2) is 17.9 Å². The molecule has 1 fully saturated rings. The minimum atomic E-state index is -0.0593. The summed E-state index contributed by atoms with van der Waals surface area (Å²) in [5.74, 6) is -0.0371. The third-order valence-corrected chi connectivity index (χ3v) is 3.79. The van der Waals surface area contributed by atoms with Gasteiger partial charge in [0.1, 0.15) is 0 Å². The molecule has 5 nitrogen and oxygen atoms in total. The van der Waals surface area contributed by atoms with Gasteiger partial charge < -0.3 is 16.4 Å². The Morgan fingerprint density at radius 1 is 1.09 bits per heavy atom. The van der Waals surface area contributed by atoms with Crippen molar-refractivity contribution in [3.05, 3.63) is 24.3 Å². The number of carbonyl (C=O) groups is 2. The number of hydrogen-bond acceptors (Lipinski definition) is 3. The largest absolute Gasteiger partial charge is 0.328 e. The van der Waals surface area contributed by atoms with E-state index in [0.717, 1.165) is 30.6 Å². The van der Waals surface area contributed by atoms with Crippen LogP contribution in [0.4, 0.5) is 11.4 Å². The van der Waals surface area contributed by atoms with E-state index in [1.807, 2.05) is 13.8 Å². The molecule has 22 heavy (non-hydrogen) atoms. The summed E-state index contributed by atoms with van der Waals surface area (Å²) in [6.45, 7) is 3.69. The van der Waals surface area contributed by atoms with Crippen molar-refractivity contribution in [1.82, 2.24) is 0 Å². The van der Waals surface area contributed by atoms with Gasteiger partial charge in [-0.3, -0.25) is 9.59 Å². The van der Waals surface area contributed by atoms with E-state index in [2.05, 4.69) is 10.6 Å². The topological polar surface area (TPSA) is 84.2 Å². The fourth-order valence-corrected chi connectivity index (χ4v) is 2.42. The van der Waals surface area contributed by atoms with Gasteiger partial charge in [-0.05, 0) is 43.5 Å². The van der Waals surface area contributed by atoms with Crippen molar-refractivity contribution in [3.63, 3.8) is 0 Å². The second-order valence-electron chi connectivity index (χ2n) is 5.98. The number of nitrogens with one attached hydrogen (secondary N) is 2. The zero-order chi connectivity index (χ0) is 15.4. The number of halogens is 1. The molecule has 0 spiro atoms. The molecule has 6 heteroatoms. The van der Waals surface area contributed by atoms with Gasteiger partial charge in [0.05, 0.1) is 0 Å². The van der Waals surface area contributed by atoms with Crippen molar-refractivity contribution in [1.29, 1.82) is 0 Å². The summed E-state index contributed by atoms with van der Waals surface area (Å²) < 4.78 is 0. The quantitative estimate of drug-likeness (QED) is 0.795. The maximum absolute atomic E-state index is 12.1. The third-order valence-electron chi connectivity index (χ3n) is 3.79. The van der Waals surface area contributed by atoms with E-state index in [4.69, 9.17) is 5.73 Å². The number of carbonyl (C=O) groups excluding carboxylic acids is 2.